The topological polar surface area (TPSA) is 34.4 Å². The summed E-state index contributed by atoms with van der Waals surface area (Å²) in [4.78, 5) is 0. The quantitative estimate of drug-likeness (QED) is 0.836. The monoisotopic (exact) mass is 225 g/mol. The molecule has 0 saturated heterocycles. The Labute approximate surface area is 98.2 Å². The van der Waals surface area contributed by atoms with Crippen molar-refractivity contribution in [1.82, 2.24) is 5.32 Å². The van der Waals surface area contributed by atoms with Crippen LogP contribution in [0.2, 0.25) is 0 Å². The molecule has 1 aromatic heterocycles. The summed E-state index contributed by atoms with van der Waals surface area (Å²) in [6.07, 6.45) is 0. The van der Waals surface area contributed by atoms with E-state index in [1.54, 1.807) is 0 Å². The molecule has 3 heteroatoms. The lowest BCUT2D eigenvalue weighted by molar-refractivity contribution is -0.0227. The molecule has 0 aliphatic rings. The molecule has 0 bridgehead atoms. The molecule has 0 amide bonds. The summed E-state index contributed by atoms with van der Waals surface area (Å²) in [5.74, 6) is 1.84. The molecule has 1 aromatic rings. The van der Waals surface area contributed by atoms with Crippen LogP contribution in [0.1, 0.15) is 46.1 Å². The summed E-state index contributed by atoms with van der Waals surface area (Å²) in [5.41, 5.74) is -0.122. The molecule has 0 aliphatic carbocycles. The number of rotatable bonds is 5. The first kappa shape index (κ1) is 13.3. The molecule has 3 nitrogen and oxygen atoms in total. The standard InChI is InChI=1S/C13H23NO2/c1-10(2)14-8-11-6-7-12(16-11)9-15-13(3,4)5/h6-7,10,14H,8-9H2,1-5H3. The largest absolute Gasteiger partial charge is 0.462 e. The summed E-state index contributed by atoms with van der Waals surface area (Å²) in [5, 5.41) is 3.31. The summed E-state index contributed by atoms with van der Waals surface area (Å²) >= 11 is 0. The summed E-state index contributed by atoms with van der Waals surface area (Å²) in [6, 6.07) is 4.44. The highest BCUT2D eigenvalue weighted by Gasteiger charge is 2.11. The van der Waals surface area contributed by atoms with Crippen molar-refractivity contribution in [2.45, 2.75) is 59.4 Å². The molecule has 0 unspecified atom stereocenters. The molecule has 0 radical (unpaired) electrons. The lowest BCUT2D eigenvalue weighted by atomic mass is 10.2. The smallest absolute Gasteiger partial charge is 0.129 e. The van der Waals surface area contributed by atoms with Crippen LogP contribution in [0, 0.1) is 0 Å². The van der Waals surface area contributed by atoms with Gasteiger partial charge in [0.1, 0.15) is 18.1 Å². The first-order chi connectivity index (χ1) is 7.37. The predicted octanol–water partition coefficient (Wildman–Crippen LogP) is 3.09. The van der Waals surface area contributed by atoms with Crippen LogP contribution in [0.4, 0.5) is 0 Å². The highest BCUT2D eigenvalue weighted by molar-refractivity contribution is 5.06. The van der Waals surface area contributed by atoms with E-state index in [0.717, 1.165) is 18.1 Å². The van der Waals surface area contributed by atoms with Crippen LogP contribution in [-0.2, 0) is 17.9 Å². The van der Waals surface area contributed by atoms with E-state index in [0.29, 0.717) is 12.6 Å². The van der Waals surface area contributed by atoms with Gasteiger partial charge in [-0.15, -0.1) is 0 Å². The molecular formula is C13H23NO2. The molecule has 1 N–H and O–H groups in total. The van der Waals surface area contributed by atoms with E-state index in [4.69, 9.17) is 9.15 Å². The van der Waals surface area contributed by atoms with Crippen LogP contribution in [0.5, 0.6) is 0 Å². The molecular weight excluding hydrogens is 202 g/mol. The third kappa shape index (κ3) is 5.33. The zero-order valence-corrected chi connectivity index (χ0v) is 11.0. The van der Waals surface area contributed by atoms with Crippen molar-refractivity contribution < 1.29 is 9.15 Å². The van der Waals surface area contributed by atoms with Crippen LogP contribution in [0.15, 0.2) is 16.5 Å². The van der Waals surface area contributed by atoms with Gasteiger partial charge < -0.3 is 14.5 Å². The van der Waals surface area contributed by atoms with E-state index in [-0.39, 0.29) is 5.60 Å². The van der Waals surface area contributed by atoms with Gasteiger partial charge in [0.15, 0.2) is 0 Å². The van der Waals surface area contributed by atoms with E-state index in [2.05, 4.69) is 19.2 Å². The maximum atomic E-state index is 5.64. The number of furan rings is 1. The van der Waals surface area contributed by atoms with Gasteiger partial charge in [0.05, 0.1) is 12.1 Å². The van der Waals surface area contributed by atoms with E-state index >= 15 is 0 Å². The van der Waals surface area contributed by atoms with Gasteiger partial charge in [0.25, 0.3) is 0 Å². The van der Waals surface area contributed by atoms with Crippen molar-refractivity contribution in [2.24, 2.45) is 0 Å². The van der Waals surface area contributed by atoms with Gasteiger partial charge in [-0.25, -0.2) is 0 Å². The molecule has 0 saturated carbocycles. The van der Waals surface area contributed by atoms with Crippen molar-refractivity contribution in [3.05, 3.63) is 23.7 Å². The number of hydrogen-bond donors (Lipinski definition) is 1. The molecule has 0 fully saturated rings. The third-order valence-corrected chi connectivity index (χ3v) is 2.05. The highest BCUT2D eigenvalue weighted by atomic mass is 16.5. The first-order valence-electron chi connectivity index (χ1n) is 5.82. The molecule has 16 heavy (non-hydrogen) atoms. The van der Waals surface area contributed by atoms with Gasteiger partial charge in [-0.3, -0.25) is 0 Å². The second-order valence-corrected chi connectivity index (χ2v) is 5.30. The fraction of sp³-hybridized carbons (Fsp3) is 0.692. The van der Waals surface area contributed by atoms with Gasteiger partial charge >= 0.3 is 0 Å². The van der Waals surface area contributed by atoms with Crippen molar-refractivity contribution in [3.8, 4) is 0 Å². The van der Waals surface area contributed by atoms with Crippen LogP contribution in [0.25, 0.3) is 0 Å². The molecule has 0 spiro atoms. The average molecular weight is 225 g/mol. The average Bonchev–Trinajstić information content (AvgIpc) is 2.58. The second kappa shape index (κ2) is 5.51. The summed E-state index contributed by atoms with van der Waals surface area (Å²) in [6.45, 7) is 11.7. The Hall–Kier alpha value is -0.800. The molecule has 0 atom stereocenters. The number of ether oxygens (including phenoxy) is 1. The zero-order chi connectivity index (χ0) is 12.2. The minimum absolute atomic E-state index is 0.122. The van der Waals surface area contributed by atoms with E-state index < -0.39 is 0 Å². The predicted molar refractivity (Wildman–Crippen MR) is 65.2 cm³/mol. The highest BCUT2D eigenvalue weighted by Crippen LogP contribution is 2.14. The minimum Gasteiger partial charge on any atom is -0.462 e. The van der Waals surface area contributed by atoms with E-state index in [1.165, 1.54) is 0 Å². The Kier molecular flexibility index (Phi) is 4.56. The molecule has 0 aromatic carbocycles. The fourth-order valence-electron chi connectivity index (χ4n) is 1.19. The zero-order valence-electron chi connectivity index (χ0n) is 11.0. The maximum Gasteiger partial charge on any atom is 0.129 e. The summed E-state index contributed by atoms with van der Waals surface area (Å²) in [7, 11) is 0. The normalized spacial score (nSPS) is 12.4. The van der Waals surface area contributed by atoms with Crippen molar-refractivity contribution >= 4 is 0 Å². The van der Waals surface area contributed by atoms with Crippen LogP contribution >= 0.6 is 0 Å². The van der Waals surface area contributed by atoms with E-state index in [1.807, 2.05) is 32.9 Å². The second-order valence-electron chi connectivity index (χ2n) is 5.30. The lowest BCUT2D eigenvalue weighted by Gasteiger charge is -2.18. The van der Waals surface area contributed by atoms with Crippen molar-refractivity contribution in [1.29, 1.82) is 0 Å². The van der Waals surface area contributed by atoms with Gasteiger partial charge in [0.2, 0.25) is 0 Å². The lowest BCUT2D eigenvalue weighted by Crippen LogP contribution is -2.21. The Morgan fingerprint density at radius 2 is 1.88 bits per heavy atom. The van der Waals surface area contributed by atoms with Crippen LogP contribution in [-0.4, -0.2) is 11.6 Å². The fourth-order valence-corrected chi connectivity index (χ4v) is 1.19. The van der Waals surface area contributed by atoms with Crippen LogP contribution < -0.4 is 5.32 Å². The van der Waals surface area contributed by atoms with Crippen molar-refractivity contribution in [3.63, 3.8) is 0 Å². The Morgan fingerprint density at radius 3 is 2.44 bits per heavy atom. The number of hydrogen-bond acceptors (Lipinski definition) is 3. The number of nitrogens with one attached hydrogen (secondary N) is 1. The molecule has 1 heterocycles. The van der Waals surface area contributed by atoms with Crippen LogP contribution in [0.3, 0.4) is 0 Å². The van der Waals surface area contributed by atoms with Gasteiger partial charge in [-0.1, -0.05) is 13.8 Å². The van der Waals surface area contributed by atoms with Crippen molar-refractivity contribution in [2.75, 3.05) is 0 Å². The van der Waals surface area contributed by atoms with E-state index in [9.17, 15) is 0 Å². The Morgan fingerprint density at radius 1 is 1.25 bits per heavy atom. The molecule has 1 rings (SSSR count). The van der Waals surface area contributed by atoms with Gasteiger partial charge in [-0.2, -0.15) is 0 Å². The SMILES string of the molecule is CC(C)NCc1ccc(COC(C)(C)C)o1. The Bertz CT molecular complexity index is 310. The van der Waals surface area contributed by atoms with Gasteiger partial charge in [-0.05, 0) is 32.9 Å². The third-order valence-electron chi connectivity index (χ3n) is 2.05. The Balaban J connectivity index is 2.39. The first-order valence-corrected chi connectivity index (χ1v) is 5.82. The molecule has 0 aliphatic heterocycles. The van der Waals surface area contributed by atoms with Gasteiger partial charge in [0, 0.05) is 6.04 Å². The molecule has 92 valence electrons. The maximum absolute atomic E-state index is 5.64. The summed E-state index contributed by atoms with van der Waals surface area (Å²) < 4.78 is 11.3. The minimum atomic E-state index is -0.122.